The largest absolute Gasteiger partial charge is 0.483 e. The molecular formula is C18H14BrFN4O3S. The van der Waals surface area contributed by atoms with Crippen molar-refractivity contribution in [1.29, 1.82) is 0 Å². The highest BCUT2D eigenvalue weighted by molar-refractivity contribution is 9.10. The van der Waals surface area contributed by atoms with Gasteiger partial charge in [0.25, 0.3) is 5.69 Å². The second-order valence-corrected chi connectivity index (χ2v) is 7.41. The molecular weight excluding hydrogens is 451 g/mol. The number of ether oxygens (including phenoxy) is 1. The fraction of sp³-hybridized carbons (Fsp3) is 0.111. The van der Waals surface area contributed by atoms with Gasteiger partial charge in [0.15, 0.2) is 22.5 Å². The molecule has 1 heterocycles. The topological polar surface area (TPSA) is 83.1 Å². The van der Waals surface area contributed by atoms with Crippen molar-refractivity contribution in [2.75, 3.05) is 0 Å². The summed E-state index contributed by atoms with van der Waals surface area (Å²) in [4.78, 5) is 11.3. The number of aromatic nitrogens is 3. The van der Waals surface area contributed by atoms with E-state index in [1.54, 1.807) is 34.9 Å². The summed E-state index contributed by atoms with van der Waals surface area (Å²) >= 11 is 4.35. The second kappa shape index (κ2) is 8.98. The van der Waals surface area contributed by atoms with Gasteiger partial charge in [0.05, 0.1) is 9.82 Å². The molecule has 0 bridgehead atoms. The molecule has 7 nitrogen and oxygen atoms in total. The molecule has 2 aromatic carbocycles. The van der Waals surface area contributed by atoms with Crippen LogP contribution in [-0.2, 0) is 13.2 Å². The van der Waals surface area contributed by atoms with E-state index in [4.69, 9.17) is 4.74 Å². The molecule has 0 saturated heterocycles. The van der Waals surface area contributed by atoms with E-state index in [2.05, 4.69) is 32.7 Å². The molecule has 3 aromatic rings. The second-order valence-electron chi connectivity index (χ2n) is 5.49. The summed E-state index contributed by atoms with van der Waals surface area (Å²) in [6.07, 6.45) is 1.65. The lowest BCUT2D eigenvalue weighted by atomic mass is 10.3. The summed E-state index contributed by atoms with van der Waals surface area (Å²) < 4.78 is 21.5. The van der Waals surface area contributed by atoms with Gasteiger partial charge in [-0.1, -0.05) is 34.1 Å². The third-order valence-electron chi connectivity index (χ3n) is 3.62. The Morgan fingerprint density at radius 2 is 2.11 bits per heavy atom. The van der Waals surface area contributed by atoms with Crippen LogP contribution in [0.4, 0.5) is 10.1 Å². The number of rotatable bonds is 8. The molecule has 1 aromatic heterocycles. The van der Waals surface area contributed by atoms with Gasteiger partial charge in [0.1, 0.15) is 6.61 Å². The van der Waals surface area contributed by atoms with Crippen molar-refractivity contribution in [3.63, 3.8) is 0 Å². The third kappa shape index (κ3) is 4.57. The predicted molar refractivity (Wildman–Crippen MR) is 106 cm³/mol. The number of nitro benzene ring substituents is 1. The normalized spacial score (nSPS) is 10.6. The summed E-state index contributed by atoms with van der Waals surface area (Å²) in [6.45, 7) is 4.08. The molecule has 0 N–H and O–H groups in total. The number of halogens is 2. The minimum atomic E-state index is -0.475. The van der Waals surface area contributed by atoms with Crippen molar-refractivity contribution in [2.45, 2.75) is 23.2 Å². The van der Waals surface area contributed by atoms with E-state index >= 15 is 0 Å². The van der Waals surface area contributed by atoms with E-state index in [9.17, 15) is 14.5 Å². The van der Waals surface area contributed by atoms with E-state index in [-0.39, 0.29) is 18.0 Å². The first-order valence-electron chi connectivity index (χ1n) is 8.01. The highest BCUT2D eigenvalue weighted by atomic mass is 79.9. The van der Waals surface area contributed by atoms with Crippen molar-refractivity contribution in [1.82, 2.24) is 14.8 Å². The van der Waals surface area contributed by atoms with Crippen molar-refractivity contribution in [3.8, 4) is 5.75 Å². The average Bonchev–Trinajstić information content (AvgIpc) is 3.04. The fourth-order valence-corrected chi connectivity index (χ4v) is 3.63. The number of nitrogens with zero attached hydrogens (tertiary/aromatic N) is 4. The Bertz CT molecular complexity index is 1030. The minimum Gasteiger partial charge on any atom is -0.483 e. The van der Waals surface area contributed by atoms with Crippen LogP contribution in [0.15, 0.2) is 69.6 Å². The Labute approximate surface area is 172 Å². The van der Waals surface area contributed by atoms with Crippen LogP contribution >= 0.6 is 27.7 Å². The van der Waals surface area contributed by atoms with Crippen molar-refractivity contribution in [2.24, 2.45) is 0 Å². The van der Waals surface area contributed by atoms with Gasteiger partial charge in [-0.15, -0.1) is 16.8 Å². The molecule has 28 heavy (non-hydrogen) atoms. The lowest BCUT2D eigenvalue weighted by Gasteiger charge is -2.09. The first kappa shape index (κ1) is 20.0. The number of hydrogen-bond donors (Lipinski definition) is 0. The molecule has 0 aliphatic carbocycles. The number of nitro groups is 1. The Hall–Kier alpha value is -2.72. The van der Waals surface area contributed by atoms with Gasteiger partial charge in [-0.3, -0.25) is 14.7 Å². The van der Waals surface area contributed by atoms with Gasteiger partial charge in [-0.2, -0.15) is 0 Å². The van der Waals surface area contributed by atoms with Gasteiger partial charge in [-0.25, -0.2) is 4.39 Å². The van der Waals surface area contributed by atoms with Crippen LogP contribution in [0.1, 0.15) is 5.82 Å². The summed E-state index contributed by atoms with van der Waals surface area (Å²) in [6, 6.07) is 10.8. The van der Waals surface area contributed by atoms with Gasteiger partial charge in [0.2, 0.25) is 0 Å². The van der Waals surface area contributed by atoms with Gasteiger partial charge >= 0.3 is 0 Å². The zero-order valence-corrected chi connectivity index (χ0v) is 16.8. The van der Waals surface area contributed by atoms with Crippen LogP contribution < -0.4 is 4.74 Å². The minimum absolute atomic E-state index is 0.00916. The Morgan fingerprint density at radius 1 is 1.32 bits per heavy atom. The zero-order chi connectivity index (χ0) is 20.1. The number of allylic oxidation sites excluding steroid dienone is 1. The van der Waals surface area contributed by atoms with Crippen molar-refractivity contribution >= 4 is 33.4 Å². The Kier molecular flexibility index (Phi) is 6.42. The zero-order valence-electron chi connectivity index (χ0n) is 14.4. The molecule has 0 aliphatic rings. The van der Waals surface area contributed by atoms with E-state index in [0.717, 1.165) is 11.8 Å². The molecule has 10 heteroatoms. The maximum Gasteiger partial charge on any atom is 0.284 e. The van der Waals surface area contributed by atoms with Gasteiger partial charge < -0.3 is 4.74 Å². The highest BCUT2D eigenvalue weighted by Crippen LogP contribution is 2.36. The first-order valence-corrected chi connectivity index (χ1v) is 9.62. The van der Waals surface area contributed by atoms with Crippen LogP contribution in [0, 0.1) is 15.9 Å². The van der Waals surface area contributed by atoms with Gasteiger partial charge in [-0.05, 0) is 36.0 Å². The Morgan fingerprint density at radius 3 is 2.82 bits per heavy atom. The van der Waals surface area contributed by atoms with Crippen LogP contribution in [0.25, 0.3) is 0 Å². The SMILES string of the molecule is C=CCn1c(COc2ccccc2F)nnc1Sc1ccc(Br)cc1[N+](=O)[O-]. The fourth-order valence-electron chi connectivity index (χ4n) is 2.34. The first-order chi connectivity index (χ1) is 13.5. The molecule has 0 radical (unpaired) electrons. The maximum atomic E-state index is 13.7. The van der Waals surface area contributed by atoms with Gasteiger partial charge in [0, 0.05) is 17.1 Å². The van der Waals surface area contributed by atoms with Crippen molar-refractivity contribution < 1.29 is 14.1 Å². The van der Waals surface area contributed by atoms with E-state index in [1.165, 1.54) is 18.2 Å². The standard InChI is InChI=1S/C18H14BrFN4O3S/c1-2-9-23-17(11-27-15-6-4-3-5-13(15)20)21-22-18(23)28-16-8-7-12(19)10-14(16)24(25)26/h2-8,10H,1,9,11H2. The maximum absolute atomic E-state index is 13.7. The summed E-state index contributed by atoms with van der Waals surface area (Å²) in [5.41, 5.74) is -0.0447. The summed E-state index contributed by atoms with van der Waals surface area (Å²) in [5.74, 6) is 0.0798. The summed E-state index contributed by atoms with van der Waals surface area (Å²) in [7, 11) is 0. The van der Waals surface area contributed by atoms with Crippen molar-refractivity contribution in [3.05, 3.63) is 81.3 Å². The smallest absolute Gasteiger partial charge is 0.284 e. The third-order valence-corrected chi connectivity index (χ3v) is 5.16. The molecule has 0 fully saturated rings. The number of para-hydroxylation sites is 1. The predicted octanol–water partition coefficient (Wildman–Crippen LogP) is 5.00. The molecule has 0 saturated carbocycles. The van der Waals surface area contributed by atoms with E-state index in [0.29, 0.717) is 26.9 Å². The molecule has 0 spiro atoms. The number of benzene rings is 2. The van der Waals surface area contributed by atoms with Crippen LogP contribution in [0.5, 0.6) is 5.75 Å². The Balaban J connectivity index is 1.86. The molecule has 0 aliphatic heterocycles. The molecule has 3 rings (SSSR count). The molecule has 0 amide bonds. The molecule has 0 unspecified atom stereocenters. The summed E-state index contributed by atoms with van der Waals surface area (Å²) in [5, 5.41) is 20.0. The van der Waals surface area contributed by atoms with E-state index < -0.39 is 10.7 Å². The lowest BCUT2D eigenvalue weighted by Crippen LogP contribution is -2.08. The van der Waals surface area contributed by atoms with Crippen LogP contribution in [-0.4, -0.2) is 19.7 Å². The molecule has 0 atom stereocenters. The van der Waals surface area contributed by atoms with Crippen LogP contribution in [0.2, 0.25) is 0 Å². The average molecular weight is 465 g/mol. The molecule has 144 valence electrons. The quantitative estimate of drug-likeness (QED) is 0.265. The van der Waals surface area contributed by atoms with Crippen LogP contribution in [0.3, 0.4) is 0 Å². The lowest BCUT2D eigenvalue weighted by molar-refractivity contribution is -0.387. The number of hydrogen-bond acceptors (Lipinski definition) is 6. The monoisotopic (exact) mass is 464 g/mol. The highest BCUT2D eigenvalue weighted by Gasteiger charge is 2.20. The van der Waals surface area contributed by atoms with E-state index in [1.807, 2.05) is 0 Å².